The fourth-order valence-electron chi connectivity index (χ4n) is 4.11. The van der Waals surface area contributed by atoms with E-state index in [4.69, 9.17) is 27.3 Å². The van der Waals surface area contributed by atoms with Crippen molar-refractivity contribution in [2.75, 3.05) is 6.54 Å². The van der Waals surface area contributed by atoms with E-state index in [9.17, 15) is 9.90 Å². The summed E-state index contributed by atoms with van der Waals surface area (Å²) in [4.78, 5) is 15.2. The number of hydrogen-bond donors (Lipinski definition) is 1. The highest BCUT2D eigenvalue weighted by atomic mass is 35.5. The van der Waals surface area contributed by atoms with Gasteiger partial charge in [0.2, 0.25) is 5.91 Å². The van der Waals surface area contributed by atoms with Crippen LogP contribution in [0.1, 0.15) is 34.5 Å². The van der Waals surface area contributed by atoms with E-state index < -0.39 is 10.9 Å². The molecule has 1 amide bonds. The Bertz CT molecular complexity index is 1240. The first-order valence-corrected chi connectivity index (χ1v) is 11.8. The molecule has 3 heterocycles. The summed E-state index contributed by atoms with van der Waals surface area (Å²) in [6.07, 6.45) is 2.71. The predicted molar refractivity (Wildman–Crippen MR) is 134 cm³/mol. The monoisotopic (exact) mass is 497 g/mol. The highest BCUT2D eigenvalue weighted by molar-refractivity contribution is 7.18. The molecule has 1 N–H and O–H groups in total. The van der Waals surface area contributed by atoms with Crippen molar-refractivity contribution >= 4 is 53.8 Å². The average Bonchev–Trinajstić information content (AvgIpc) is 3.35. The Morgan fingerprint density at radius 1 is 1.39 bits per heavy atom. The van der Waals surface area contributed by atoms with Crippen LogP contribution in [0.4, 0.5) is 4.39 Å². The van der Waals surface area contributed by atoms with Crippen LogP contribution in [0.5, 0.6) is 0 Å². The molecule has 0 saturated carbocycles. The molecule has 33 heavy (non-hydrogen) atoms. The van der Waals surface area contributed by atoms with Crippen LogP contribution in [0.3, 0.4) is 0 Å². The summed E-state index contributed by atoms with van der Waals surface area (Å²) in [5, 5.41) is 12.3. The summed E-state index contributed by atoms with van der Waals surface area (Å²) in [6, 6.07) is 9.38. The topological polar surface area (TPSA) is 58.4 Å². The van der Waals surface area contributed by atoms with Crippen molar-refractivity contribution in [3.63, 3.8) is 0 Å². The number of thiophene rings is 1. The number of alkyl halides is 1. The molecule has 4 radical (unpaired) electrons. The number of hydrogen-bond acceptors (Lipinski definition) is 4. The standard InChI is InChI=1S/C22H20B2ClFN3O2PS/c1-3-19(30)28-9-15(14-8-18(25)33-17(14)11-28)12-6-4-5-7-13(12)16-10-29(22(23,24)31)27-20(16)21(2,26)32/h3-8,10,15,31H,1,9,11,32H2,2H3/t15-,21?/m0/s1. The lowest BCUT2D eigenvalue weighted by Gasteiger charge is -2.33. The number of benzene rings is 1. The number of rotatable bonds is 5. The van der Waals surface area contributed by atoms with Gasteiger partial charge in [0.25, 0.3) is 0 Å². The minimum absolute atomic E-state index is 0.0488. The zero-order valence-electron chi connectivity index (χ0n) is 17.8. The number of aliphatic hydroxyl groups is 1. The van der Waals surface area contributed by atoms with Crippen molar-refractivity contribution in [3.05, 3.63) is 75.2 Å². The van der Waals surface area contributed by atoms with Crippen molar-refractivity contribution in [2.45, 2.75) is 30.3 Å². The number of amides is 1. The van der Waals surface area contributed by atoms with E-state index in [0.717, 1.165) is 20.7 Å². The summed E-state index contributed by atoms with van der Waals surface area (Å²) in [7, 11) is 13.3. The van der Waals surface area contributed by atoms with Crippen molar-refractivity contribution < 1.29 is 14.3 Å². The molecule has 0 aliphatic carbocycles. The molecule has 1 aromatic carbocycles. The summed E-state index contributed by atoms with van der Waals surface area (Å²) in [5.74, 6) is -0.405. The fraction of sp³-hybridized carbons (Fsp3) is 0.273. The third-order valence-corrected chi connectivity index (χ3v) is 7.12. The fourth-order valence-corrected chi connectivity index (χ4v) is 5.68. The van der Waals surface area contributed by atoms with Crippen molar-refractivity contribution in [2.24, 2.45) is 0 Å². The van der Waals surface area contributed by atoms with Gasteiger partial charge < -0.3 is 10.0 Å². The molecule has 0 fully saturated rings. The lowest BCUT2D eigenvalue weighted by molar-refractivity contribution is -0.127. The molecule has 2 aromatic heterocycles. The van der Waals surface area contributed by atoms with Gasteiger partial charge in [-0.05, 0) is 35.8 Å². The molecule has 1 aliphatic rings. The molecule has 3 aromatic rings. The minimum Gasteiger partial charge on any atom is -0.388 e. The number of aromatic nitrogens is 2. The molecule has 4 rings (SSSR count). The maximum absolute atomic E-state index is 15.1. The second-order valence-electron chi connectivity index (χ2n) is 8.19. The second kappa shape index (κ2) is 8.70. The first kappa shape index (κ1) is 24.2. The Labute approximate surface area is 205 Å². The normalized spacial score (nSPS) is 18.0. The molecular weight excluding hydrogens is 477 g/mol. The predicted octanol–water partition coefficient (Wildman–Crippen LogP) is 3.84. The van der Waals surface area contributed by atoms with Gasteiger partial charge in [0.1, 0.15) is 21.4 Å². The third-order valence-electron chi connectivity index (χ3n) is 5.58. The number of fused-ring (bicyclic) bond motifs is 1. The van der Waals surface area contributed by atoms with E-state index >= 15 is 4.39 Å². The minimum atomic E-state index is -2.30. The summed E-state index contributed by atoms with van der Waals surface area (Å²) >= 11 is 7.76. The Morgan fingerprint density at radius 3 is 2.73 bits per heavy atom. The third kappa shape index (κ3) is 4.69. The van der Waals surface area contributed by atoms with E-state index in [1.807, 2.05) is 30.3 Å². The van der Waals surface area contributed by atoms with Crippen molar-refractivity contribution in [1.29, 1.82) is 0 Å². The Hall–Kier alpha value is -1.92. The number of nitrogens with zero attached hydrogens (tertiary/aromatic N) is 3. The zero-order chi connectivity index (χ0) is 24.1. The van der Waals surface area contributed by atoms with Crippen LogP contribution in [0.2, 0.25) is 4.34 Å². The van der Waals surface area contributed by atoms with E-state index in [1.165, 1.54) is 30.5 Å². The molecule has 166 valence electrons. The summed E-state index contributed by atoms with van der Waals surface area (Å²) in [5.41, 5.74) is 0.720. The molecule has 2 unspecified atom stereocenters. The largest absolute Gasteiger partial charge is 0.388 e. The summed E-state index contributed by atoms with van der Waals surface area (Å²) < 4.78 is 16.7. The number of carbonyl (C=O) groups excluding carboxylic acids is 1. The molecule has 3 atom stereocenters. The Balaban J connectivity index is 1.91. The van der Waals surface area contributed by atoms with Gasteiger partial charge in [0.05, 0.1) is 16.4 Å². The van der Waals surface area contributed by atoms with Crippen LogP contribution in [0.15, 0.2) is 49.2 Å². The van der Waals surface area contributed by atoms with Crippen LogP contribution in [-0.2, 0) is 22.3 Å². The smallest absolute Gasteiger partial charge is 0.246 e. The van der Waals surface area contributed by atoms with Crippen molar-refractivity contribution in [3.8, 4) is 11.1 Å². The quantitative estimate of drug-likeness (QED) is 0.331. The number of carbonyl (C=O) groups is 1. The highest BCUT2D eigenvalue weighted by Crippen LogP contribution is 2.45. The van der Waals surface area contributed by atoms with Crippen LogP contribution >= 0.6 is 32.2 Å². The molecule has 0 saturated heterocycles. The average molecular weight is 498 g/mol. The van der Waals surface area contributed by atoms with Crippen LogP contribution in [-0.4, -0.2) is 47.9 Å². The van der Waals surface area contributed by atoms with Gasteiger partial charge in [-0.25, -0.2) is 4.39 Å². The molecule has 0 spiro atoms. The first-order valence-electron chi connectivity index (χ1n) is 10.1. The molecule has 1 aliphatic heterocycles. The zero-order valence-corrected chi connectivity index (χ0v) is 20.6. The molecule has 0 bridgehead atoms. The number of halogens is 2. The molecule has 5 nitrogen and oxygen atoms in total. The van der Waals surface area contributed by atoms with E-state index in [0.29, 0.717) is 28.6 Å². The highest BCUT2D eigenvalue weighted by Gasteiger charge is 2.35. The van der Waals surface area contributed by atoms with Gasteiger partial charge in [-0.15, -0.1) is 11.3 Å². The first-order chi connectivity index (χ1) is 15.4. The van der Waals surface area contributed by atoms with E-state index in [2.05, 4.69) is 20.9 Å². The molecular formula is C22H20B2ClFN3O2PS. The maximum atomic E-state index is 15.1. The van der Waals surface area contributed by atoms with Crippen LogP contribution in [0.25, 0.3) is 11.1 Å². The van der Waals surface area contributed by atoms with E-state index in [-0.39, 0.29) is 17.5 Å². The van der Waals surface area contributed by atoms with Gasteiger partial charge in [-0.1, -0.05) is 51.7 Å². The van der Waals surface area contributed by atoms with Crippen LogP contribution < -0.4 is 0 Å². The van der Waals surface area contributed by atoms with Gasteiger partial charge in [0, 0.05) is 29.1 Å². The van der Waals surface area contributed by atoms with Crippen molar-refractivity contribution in [1.82, 2.24) is 14.7 Å². The van der Waals surface area contributed by atoms with Gasteiger partial charge in [0.15, 0.2) is 5.41 Å². The second-order valence-corrected chi connectivity index (χ2v) is 11.0. The Morgan fingerprint density at radius 2 is 2.09 bits per heavy atom. The van der Waals surface area contributed by atoms with Gasteiger partial charge in [-0.2, -0.15) is 5.10 Å². The summed E-state index contributed by atoms with van der Waals surface area (Å²) in [6.45, 7) is 5.79. The maximum Gasteiger partial charge on any atom is 0.246 e. The van der Waals surface area contributed by atoms with E-state index in [1.54, 1.807) is 4.90 Å². The Kier molecular flexibility index (Phi) is 6.38. The van der Waals surface area contributed by atoms with Gasteiger partial charge >= 0.3 is 0 Å². The van der Waals surface area contributed by atoms with Gasteiger partial charge in [-0.3, -0.25) is 9.48 Å². The SMILES string of the molecule is [B]C([B])(O)n1cc(-c2ccccc2[C@@H]2CN(C(=O)C=C)Cc3sc(Cl)cc32)c(C(C)(F)P)n1. The lowest BCUT2D eigenvalue weighted by atomic mass is 9.73. The molecule has 11 heteroatoms. The lowest BCUT2D eigenvalue weighted by Crippen LogP contribution is -2.37. The van der Waals surface area contributed by atoms with Crippen LogP contribution in [0, 0.1) is 0 Å².